The van der Waals surface area contributed by atoms with E-state index < -0.39 is 11.6 Å². The molecule has 0 unspecified atom stereocenters. The highest BCUT2D eigenvalue weighted by Crippen LogP contribution is 2.29. The topological polar surface area (TPSA) is 87.2 Å². The number of thiophene rings is 1. The van der Waals surface area contributed by atoms with E-state index in [4.69, 9.17) is 9.15 Å². The van der Waals surface area contributed by atoms with Gasteiger partial charge in [-0.05, 0) is 35.2 Å². The van der Waals surface area contributed by atoms with Gasteiger partial charge >= 0.3 is 11.6 Å². The van der Waals surface area contributed by atoms with Gasteiger partial charge in [-0.25, -0.2) is 4.79 Å². The summed E-state index contributed by atoms with van der Waals surface area (Å²) in [6.07, 6.45) is 0. The molecule has 0 atom stereocenters. The number of benzene rings is 2. The molecular formula is C24H19N3O4S2. The van der Waals surface area contributed by atoms with Gasteiger partial charge in [-0.3, -0.25) is 4.79 Å². The Bertz CT molecular complexity index is 1510. The number of rotatable bonds is 7. The van der Waals surface area contributed by atoms with E-state index in [1.807, 2.05) is 59.3 Å². The zero-order valence-electron chi connectivity index (χ0n) is 17.7. The quantitative estimate of drug-likeness (QED) is 0.139. The number of fused-ring (bicyclic) bond motifs is 3. The summed E-state index contributed by atoms with van der Waals surface area (Å²) in [5.41, 5.74) is 0.613. The van der Waals surface area contributed by atoms with E-state index in [-0.39, 0.29) is 12.4 Å². The largest absolute Gasteiger partial charge is 0.460 e. The first-order valence-corrected chi connectivity index (χ1v) is 12.2. The van der Waals surface area contributed by atoms with Crippen LogP contribution in [0.3, 0.4) is 0 Å². The van der Waals surface area contributed by atoms with Gasteiger partial charge in [0.15, 0.2) is 11.0 Å². The van der Waals surface area contributed by atoms with E-state index >= 15 is 0 Å². The molecule has 0 amide bonds. The van der Waals surface area contributed by atoms with Crippen molar-refractivity contribution in [2.45, 2.75) is 25.2 Å². The Hall–Kier alpha value is -3.43. The molecule has 9 heteroatoms. The molecule has 0 aliphatic carbocycles. The summed E-state index contributed by atoms with van der Waals surface area (Å²) in [5, 5.41) is 13.9. The predicted molar refractivity (Wildman–Crippen MR) is 130 cm³/mol. The maximum absolute atomic E-state index is 12.5. The van der Waals surface area contributed by atoms with Gasteiger partial charge in [-0.1, -0.05) is 48.2 Å². The van der Waals surface area contributed by atoms with Crippen molar-refractivity contribution in [1.82, 2.24) is 14.8 Å². The van der Waals surface area contributed by atoms with Gasteiger partial charge in [0.05, 0.1) is 10.6 Å². The van der Waals surface area contributed by atoms with Crippen molar-refractivity contribution < 1.29 is 13.9 Å². The summed E-state index contributed by atoms with van der Waals surface area (Å²) in [6.45, 7) is 2.69. The third-order valence-corrected chi connectivity index (χ3v) is 7.00. The first-order chi connectivity index (χ1) is 16.1. The lowest BCUT2D eigenvalue weighted by molar-refractivity contribution is -0.141. The summed E-state index contributed by atoms with van der Waals surface area (Å²) < 4.78 is 12.9. The van der Waals surface area contributed by atoms with Crippen LogP contribution < -0.4 is 5.63 Å². The number of hydrogen-bond acceptors (Lipinski definition) is 8. The highest BCUT2D eigenvalue weighted by atomic mass is 32.2. The third kappa shape index (κ3) is 4.29. The highest BCUT2D eigenvalue weighted by Gasteiger charge is 2.16. The number of carbonyl (C=O) groups excluding carboxylic acids is 1. The maximum Gasteiger partial charge on any atom is 0.336 e. The number of aromatic nitrogens is 3. The lowest BCUT2D eigenvalue weighted by Crippen LogP contribution is -2.10. The molecule has 0 saturated heterocycles. The fraction of sp³-hybridized carbons (Fsp3) is 0.167. The van der Waals surface area contributed by atoms with Gasteiger partial charge in [0.25, 0.3) is 0 Å². The minimum atomic E-state index is -0.477. The van der Waals surface area contributed by atoms with Crippen molar-refractivity contribution in [2.24, 2.45) is 0 Å². The minimum absolute atomic E-state index is 0.0174. The predicted octanol–water partition coefficient (Wildman–Crippen LogP) is 5.12. The van der Waals surface area contributed by atoms with Crippen molar-refractivity contribution >= 4 is 50.8 Å². The molecule has 3 aromatic heterocycles. The average molecular weight is 478 g/mol. The SMILES string of the molecule is CCn1c(SCC(=O)OCc2cc(=O)oc3ccc4ccccc4c23)nnc1-c1cccs1. The normalized spacial score (nSPS) is 11.3. The summed E-state index contributed by atoms with van der Waals surface area (Å²) in [7, 11) is 0. The molecule has 5 rings (SSSR count). The van der Waals surface area contributed by atoms with E-state index in [0.29, 0.717) is 22.8 Å². The van der Waals surface area contributed by atoms with Gasteiger partial charge in [0.1, 0.15) is 12.2 Å². The van der Waals surface area contributed by atoms with Gasteiger partial charge in [0.2, 0.25) is 0 Å². The zero-order chi connectivity index (χ0) is 22.8. The van der Waals surface area contributed by atoms with Crippen LogP contribution in [0, 0.1) is 0 Å². The lowest BCUT2D eigenvalue weighted by atomic mass is 10.0. The molecular weight excluding hydrogens is 458 g/mol. The molecule has 0 spiro atoms. The molecule has 33 heavy (non-hydrogen) atoms. The van der Waals surface area contributed by atoms with Crippen LogP contribution in [0.25, 0.3) is 32.4 Å². The van der Waals surface area contributed by atoms with Crippen LogP contribution in [-0.4, -0.2) is 26.5 Å². The van der Waals surface area contributed by atoms with Crippen LogP contribution in [0.2, 0.25) is 0 Å². The lowest BCUT2D eigenvalue weighted by Gasteiger charge is -2.10. The molecule has 5 aromatic rings. The number of thioether (sulfide) groups is 1. The number of nitrogens with zero attached hydrogens (tertiary/aromatic N) is 3. The van der Waals surface area contributed by atoms with E-state index in [1.165, 1.54) is 17.8 Å². The van der Waals surface area contributed by atoms with Crippen molar-refractivity contribution in [2.75, 3.05) is 5.75 Å². The second-order valence-corrected chi connectivity index (χ2v) is 9.12. The number of hydrogen-bond donors (Lipinski definition) is 0. The van der Waals surface area contributed by atoms with Crippen LogP contribution in [0.4, 0.5) is 0 Å². The molecule has 0 fully saturated rings. The summed E-state index contributed by atoms with van der Waals surface area (Å²) in [6, 6.07) is 16.8. The van der Waals surface area contributed by atoms with E-state index in [2.05, 4.69) is 10.2 Å². The Balaban J connectivity index is 1.32. The maximum atomic E-state index is 12.5. The molecule has 3 heterocycles. The zero-order valence-corrected chi connectivity index (χ0v) is 19.3. The molecule has 166 valence electrons. The van der Waals surface area contributed by atoms with Gasteiger partial charge in [-0.2, -0.15) is 0 Å². The Morgan fingerprint density at radius 2 is 2.03 bits per heavy atom. The Kier molecular flexibility index (Phi) is 5.97. The third-order valence-electron chi connectivity index (χ3n) is 5.20. The monoisotopic (exact) mass is 477 g/mol. The number of ether oxygens (including phenoxy) is 1. The number of carbonyl (C=O) groups is 1. The first-order valence-electron chi connectivity index (χ1n) is 10.3. The summed E-state index contributed by atoms with van der Waals surface area (Å²) in [5.74, 6) is 0.477. The van der Waals surface area contributed by atoms with Crippen molar-refractivity contribution in [3.63, 3.8) is 0 Å². The Labute approximate surface area is 197 Å². The van der Waals surface area contributed by atoms with Crippen LogP contribution in [0.1, 0.15) is 12.5 Å². The molecule has 0 bridgehead atoms. The van der Waals surface area contributed by atoms with E-state index in [1.54, 1.807) is 17.4 Å². The molecule has 0 aliphatic heterocycles. The smallest absolute Gasteiger partial charge is 0.336 e. The van der Waals surface area contributed by atoms with Crippen molar-refractivity contribution in [3.05, 3.63) is 76.0 Å². The molecule has 0 aliphatic rings. The fourth-order valence-corrected chi connectivity index (χ4v) is 5.24. The van der Waals surface area contributed by atoms with Gasteiger partial charge in [0, 0.05) is 23.6 Å². The molecule has 2 aromatic carbocycles. The first kappa shape index (κ1) is 21.4. The summed E-state index contributed by atoms with van der Waals surface area (Å²) >= 11 is 2.88. The van der Waals surface area contributed by atoms with E-state index in [0.717, 1.165) is 26.9 Å². The fourth-order valence-electron chi connectivity index (χ4n) is 3.73. The average Bonchev–Trinajstić information content (AvgIpc) is 3.50. The number of esters is 1. The van der Waals surface area contributed by atoms with Crippen molar-refractivity contribution in [3.8, 4) is 10.7 Å². The minimum Gasteiger partial charge on any atom is -0.460 e. The standard InChI is InChI=1S/C24H19N3O4S2/c1-2-27-23(19-8-5-11-32-19)25-26-24(27)33-14-21(29)30-13-16-12-20(28)31-18-10-9-15-6-3-4-7-17(15)22(16)18/h3-12H,2,13-14H2,1H3. The van der Waals surface area contributed by atoms with Crippen LogP contribution in [0.5, 0.6) is 0 Å². The molecule has 0 radical (unpaired) electrons. The van der Waals surface area contributed by atoms with Crippen LogP contribution in [0.15, 0.2) is 74.3 Å². The summed E-state index contributed by atoms with van der Waals surface area (Å²) in [4.78, 5) is 25.6. The second kappa shape index (κ2) is 9.21. The van der Waals surface area contributed by atoms with Gasteiger partial charge < -0.3 is 13.7 Å². The Morgan fingerprint density at radius 1 is 1.15 bits per heavy atom. The van der Waals surface area contributed by atoms with Crippen molar-refractivity contribution in [1.29, 1.82) is 0 Å². The molecule has 0 N–H and O–H groups in total. The Morgan fingerprint density at radius 3 is 2.85 bits per heavy atom. The second-order valence-electron chi connectivity index (χ2n) is 7.23. The van der Waals surface area contributed by atoms with E-state index in [9.17, 15) is 9.59 Å². The molecule has 0 saturated carbocycles. The molecule has 7 nitrogen and oxygen atoms in total. The van der Waals surface area contributed by atoms with Crippen LogP contribution >= 0.6 is 23.1 Å². The highest BCUT2D eigenvalue weighted by molar-refractivity contribution is 7.99. The van der Waals surface area contributed by atoms with Gasteiger partial charge in [-0.15, -0.1) is 21.5 Å². The van der Waals surface area contributed by atoms with Crippen LogP contribution in [-0.2, 0) is 22.7 Å².